The van der Waals surface area contributed by atoms with E-state index in [0.29, 0.717) is 5.76 Å². The van der Waals surface area contributed by atoms with Crippen molar-refractivity contribution < 1.29 is 8.83 Å². The molecule has 2 heterocycles. The molecule has 1 N–H and O–H groups in total. The van der Waals surface area contributed by atoms with E-state index >= 15 is 0 Å². The Balaban J connectivity index is 1.83. The minimum atomic E-state index is 0.686. The van der Waals surface area contributed by atoms with Crippen LogP contribution in [0.5, 0.6) is 0 Å². The van der Waals surface area contributed by atoms with Crippen LogP contribution in [0.25, 0.3) is 22.5 Å². The molecule has 20 heavy (non-hydrogen) atoms. The van der Waals surface area contributed by atoms with Gasteiger partial charge in [0.15, 0.2) is 17.4 Å². The second kappa shape index (κ2) is 5.51. The third-order valence-corrected chi connectivity index (χ3v) is 3.23. The highest BCUT2D eigenvalue weighted by molar-refractivity contribution is 5.82. The molecule has 104 valence electrons. The van der Waals surface area contributed by atoms with Crippen molar-refractivity contribution in [2.24, 2.45) is 0 Å². The van der Waals surface area contributed by atoms with Crippen molar-refractivity contribution in [1.29, 1.82) is 0 Å². The van der Waals surface area contributed by atoms with Gasteiger partial charge in [0.05, 0.1) is 6.20 Å². The molecule has 0 saturated heterocycles. The molecule has 0 atom stereocenters. The van der Waals surface area contributed by atoms with Gasteiger partial charge in [-0.25, -0.2) is 4.98 Å². The van der Waals surface area contributed by atoms with Crippen molar-refractivity contribution in [3.63, 3.8) is 0 Å². The van der Waals surface area contributed by atoms with Crippen LogP contribution in [0, 0.1) is 6.92 Å². The van der Waals surface area contributed by atoms with Gasteiger partial charge in [0.25, 0.3) is 0 Å². The number of fused-ring (bicyclic) bond motifs is 1. The van der Waals surface area contributed by atoms with E-state index in [1.165, 1.54) is 5.56 Å². The van der Waals surface area contributed by atoms with Gasteiger partial charge in [-0.2, -0.15) is 0 Å². The third-order valence-electron chi connectivity index (χ3n) is 3.23. The molecule has 2 aromatic heterocycles. The third kappa shape index (κ3) is 2.60. The molecule has 0 aliphatic heterocycles. The molecule has 0 fully saturated rings. The first kappa shape index (κ1) is 12.9. The minimum Gasteiger partial charge on any atom is -0.453 e. The summed E-state index contributed by atoms with van der Waals surface area (Å²) in [6.07, 6.45) is 2.51. The number of furan rings is 1. The van der Waals surface area contributed by atoms with Crippen LogP contribution in [-0.2, 0) is 6.42 Å². The fourth-order valence-corrected chi connectivity index (χ4v) is 2.20. The van der Waals surface area contributed by atoms with E-state index in [-0.39, 0.29) is 0 Å². The van der Waals surface area contributed by atoms with Gasteiger partial charge in [0, 0.05) is 18.4 Å². The topological polar surface area (TPSA) is 51.2 Å². The predicted molar refractivity (Wildman–Crippen MR) is 78.7 cm³/mol. The molecule has 3 aromatic rings. The van der Waals surface area contributed by atoms with Crippen LogP contribution in [0.4, 0.5) is 0 Å². The van der Waals surface area contributed by atoms with Crippen LogP contribution in [0.3, 0.4) is 0 Å². The number of aryl methyl sites for hydroxylation is 1. The summed E-state index contributed by atoms with van der Waals surface area (Å²) >= 11 is 0. The van der Waals surface area contributed by atoms with Crippen molar-refractivity contribution in [3.05, 3.63) is 41.9 Å². The summed E-state index contributed by atoms with van der Waals surface area (Å²) in [7, 11) is 0. The van der Waals surface area contributed by atoms with Crippen molar-refractivity contribution in [3.8, 4) is 11.5 Å². The molecular formula is C16H18N2O2. The summed E-state index contributed by atoms with van der Waals surface area (Å²) in [5.74, 6) is 2.15. The van der Waals surface area contributed by atoms with E-state index in [9.17, 15) is 0 Å². The fourth-order valence-electron chi connectivity index (χ4n) is 2.20. The lowest BCUT2D eigenvalue weighted by Crippen LogP contribution is -2.16. The highest BCUT2D eigenvalue weighted by Gasteiger charge is 2.11. The van der Waals surface area contributed by atoms with Crippen LogP contribution in [0.2, 0.25) is 0 Å². The Morgan fingerprint density at radius 1 is 1.15 bits per heavy atom. The van der Waals surface area contributed by atoms with E-state index in [1.807, 2.05) is 18.2 Å². The zero-order valence-electron chi connectivity index (χ0n) is 11.8. The molecule has 0 spiro atoms. The maximum absolute atomic E-state index is 5.80. The van der Waals surface area contributed by atoms with E-state index in [4.69, 9.17) is 8.83 Å². The zero-order chi connectivity index (χ0) is 13.9. The number of aromatic nitrogens is 1. The monoisotopic (exact) mass is 270 g/mol. The van der Waals surface area contributed by atoms with Gasteiger partial charge >= 0.3 is 0 Å². The Morgan fingerprint density at radius 3 is 2.90 bits per heavy atom. The van der Waals surface area contributed by atoms with E-state index < -0.39 is 0 Å². The average Bonchev–Trinajstić information content (AvgIpc) is 3.04. The number of likely N-dealkylation sites (N-methyl/N-ethyl adjacent to an activating group) is 1. The molecule has 0 aliphatic rings. The number of benzene rings is 1. The Kier molecular flexibility index (Phi) is 3.56. The van der Waals surface area contributed by atoms with E-state index in [0.717, 1.165) is 42.1 Å². The number of hydrogen-bond acceptors (Lipinski definition) is 4. The molecule has 4 nitrogen and oxygen atoms in total. The van der Waals surface area contributed by atoms with E-state index in [1.54, 1.807) is 6.20 Å². The van der Waals surface area contributed by atoms with Crippen molar-refractivity contribution in [2.45, 2.75) is 20.3 Å². The highest BCUT2D eigenvalue weighted by Crippen LogP contribution is 2.28. The summed E-state index contributed by atoms with van der Waals surface area (Å²) in [6, 6.07) is 8.12. The van der Waals surface area contributed by atoms with Gasteiger partial charge in [-0.15, -0.1) is 0 Å². The quantitative estimate of drug-likeness (QED) is 0.720. The van der Waals surface area contributed by atoms with Crippen LogP contribution in [0.1, 0.15) is 18.4 Å². The van der Waals surface area contributed by atoms with Crippen molar-refractivity contribution in [1.82, 2.24) is 10.3 Å². The Morgan fingerprint density at radius 2 is 2.05 bits per heavy atom. The van der Waals surface area contributed by atoms with Crippen molar-refractivity contribution >= 4 is 11.0 Å². The number of oxazole rings is 1. The first-order valence-corrected chi connectivity index (χ1v) is 6.92. The van der Waals surface area contributed by atoms with Gasteiger partial charge in [-0.3, -0.25) is 0 Å². The minimum absolute atomic E-state index is 0.686. The molecular weight excluding hydrogens is 252 g/mol. The Bertz CT molecular complexity index is 712. The fraction of sp³-hybridized carbons (Fsp3) is 0.312. The number of rotatable bonds is 5. The van der Waals surface area contributed by atoms with Crippen LogP contribution in [-0.4, -0.2) is 18.1 Å². The summed E-state index contributed by atoms with van der Waals surface area (Å²) in [5.41, 5.74) is 2.09. The Labute approximate surface area is 117 Å². The van der Waals surface area contributed by atoms with Crippen LogP contribution < -0.4 is 5.32 Å². The summed E-state index contributed by atoms with van der Waals surface area (Å²) in [6.45, 7) is 5.98. The Hall–Kier alpha value is -2.07. The molecule has 0 unspecified atom stereocenters. The molecule has 0 aliphatic carbocycles. The summed E-state index contributed by atoms with van der Waals surface area (Å²) in [5, 5.41) is 4.34. The average molecular weight is 270 g/mol. The molecule has 3 rings (SSSR count). The van der Waals surface area contributed by atoms with Crippen LogP contribution >= 0.6 is 0 Å². The zero-order valence-corrected chi connectivity index (χ0v) is 11.8. The second-order valence-electron chi connectivity index (χ2n) is 4.87. The van der Waals surface area contributed by atoms with Gasteiger partial charge in [0.2, 0.25) is 0 Å². The molecule has 0 amide bonds. The normalized spacial score (nSPS) is 11.3. The first-order chi connectivity index (χ1) is 9.76. The lowest BCUT2D eigenvalue weighted by Gasteiger charge is -1.96. The van der Waals surface area contributed by atoms with Gasteiger partial charge in [-0.05, 0) is 31.7 Å². The van der Waals surface area contributed by atoms with Crippen LogP contribution in [0.15, 0.2) is 39.3 Å². The summed E-state index contributed by atoms with van der Waals surface area (Å²) < 4.78 is 11.5. The van der Waals surface area contributed by atoms with Gasteiger partial charge in [0.1, 0.15) is 5.58 Å². The molecule has 0 bridgehead atoms. The lowest BCUT2D eigenvalue weighted by atomic mass is 10.2. The number of hydrogen-bond donors (Lipinski definition) is 1. The van der Waals surface area contributed by atoms with Gasteiger partial charge < -0.3 is 14.2 Å². The van der Waals surface area contributed by atoms with Crippen molar-refractivity contribution in [2.75, 3.05) is 13.1 Å². The molecule has 0 saturated carbocycles. The smallest absolute Gasteiger partial charge is 0.196 e. The van der Waals surface area contributed by atoms with Gasteiger partial charge in [-0.1, -0.05) is 18.6 Å². The maximum atomic E-state index is 5.80. The second-order valence-corrected chi connectivity index (χ2v) is 4.87. The number of nitrogens with one attached hydrogen (secondary N) is 1. The standard InChI is InChI=1S/C16H18N2O2/c1-3-17-7-6-16-18-10-15(20-16)14-9-12-8-11(2)4-5-13(12)19-14/h4-5,8-10,17H,3,6-7H2,1-2H3. The first-order valence-electron chi connectivity index (χ1n) is 6.92. The predicted octanol–water partition coefficient (Wildman–Crippen LogP) is 3.55. The molecule has 4 heteroatoms. The number of nitrogens with zero attached hydrogens (tertiary/aromatic N) is 1. The highest BCUT2D eigenvalue weighted by atomic mass is 16.4. The summed E-state index contributed by atoms with van der Waals surface area (Å²) in [4.78, 5) is 4.29. The lowest BCUT2D eigenvalue weighted by molar-refractivity contribution is 0.482. The molecule has 0 radical (unpaired) electrons. The molecule has 1 aromatic carbocycles. The SMILES string of the molecule is CCNCCc1ncc(-c2cc3cc(C)ccc3o2)o1. The maximum Gasteiger partial charge on any atom is 0.196 e. The largest absolute Gasteiger partial charge is 0.453 e. The van der Waals surface area contributed by atoms with E-state index in [2.05, 4.69) is 30.2 Å².